The van der Waals surface area contributed by atoms with E-state index in [1.807, 2.05) is 29.8 Å². The highest BCUT2D eigenvalue weighted by molar-refractivity contribution is 5.95. The quantitative estimate of drug-likeness (QED) is 0.439. The number of carbonyl (C=O) groups is 1. The highest BCUT2D eigenvalue weighted by Gasteiger charge is 2.54. The van der Waals surface area contributed by atoms with E-state index < -0.39 is 0 Å². The molecule has 4 aromatic rings. The van der Waals surface area contributed by atoms with Crippen molar-refractivity contribution in [3.63, 3.8) is 0 Å². The highest BCUT2D eigenvalue weighted by atomic mass is 16.2. The lowest BCUT2D eigenvalue weighted by Crippen LogP contribution is -2.51. The summed E-state index contributed by atoms with van der Waals surface area (Å²) in [6.07, 6.45) is 10.3. The number of aryl methyl sites for hydroxylation is 2. The van der Waals surface area contributed by atoms with Gasteiger partial charge in [-0.1, -0.05) is 12.1 Å². The van der Waals surface area contributed by atoms with Crippen LogP contribution < -0.4 is 5.32 Å². The molecule has 3 heterocycles. The van der Waals surface area contributed by atoms with Gasteiger partial charge in [-0.15, -0.1) is 0 Å². The summed E-state index contributed by atoms with van der Waals surface area (Å²) in [5, 5.41) is 13.4. The van der Waals surface area contributed by atoms with Crippen LogP contribution in [0.25, 0.3) is 22.5 Å². The zero-order chi connectivity index (χ0) is 24.6. The molecule has 1 aromatic carbocycles. The van der Waals surface area contributed by atoms with Crippen molar-refractivity contribution < 1.29 is 4.79 Å². The number of rotatable bonds is 4. The van der Waals surface area contributed by atoms with Crippen molar-refractivity contribution in [2.24, 2.45) is 23.2 Å². The van der Waals surface area contributed by atoms with Crippen molar-refractivity contribution in [1.82, 2.24) is 29.5 Å². The number of amides is 1. The Hall–Kier alpha value is -3.55. The van der Waals surface area contributed by atoms with Crippen LogP contribution in [0.1, 0.15) is 55.3 Å². The van der Waals surface area contributed by atoms with E-state index in [2.05, 4.69) is 40.3 Å². The molecule has 8 nitrogen and oxygen atoms in total. The Morgan fingerprint density at radius 1 is 1.00 bits per heavy atom. The van der Waals surface area contributed by atoms with E-state index in [9.17, 15) is 4.79 Å². The number of aromatic nitrogens is 6. The van der Waals surface area contributed by atoms with Gasteiger partial charge in [-0.3, -0.25) is 4.79 Å². The van der Waals surface area contributed by atoms with Crippen molar-refractivity contribution in [3.8, 4) is 11.5 Å². The van der Waals surface area contributed by atoms with Gasteiger partial charge in [-0.2, -0.15) is 14.9 Å². The molecule has 0 spiro atoms. The second-order valence-electron chi connectivity index (χ2n) is 11.4. The fraction of sp³-hybridized carbons (Fsp3) is 0.464. The third-order valence-corrected chi connectivity index (χ3v) is 8.94. The van der Waals surface area contributed by atoms with Crippen LogP contribution in [-0.4, -0.2) is 35.4 Å². The molecule has 0 unspecified atom stereocenters. The third-order valence-electron chi connectivity index (χ3n) is 8.94. The number of fused-ring (bicyclic) bond motifs is 1. The Kier molecular flexibility index (Phi) is 4.66. The van der Waals surface area contributed by atoms with Gasteiger partial charge in [0.1, 0.15) is 12.1 Å². The lowest BCUT2D eigenvalue weighted by molar-refractivity contribution is -0.140. The molecule has 8 rings (SSSR count). The van der Waals surface area contributed by atoms with Crippen molar-refractivity contribution >= 4 is 22.8 Å². The molecule has 0 atom stereocenters. The molecule has 4 saturated carbocycles. The maximum atomic E-state index is 13.8. The maximum absolute atomic E-state index is 13.8. The summed E-state index contributed by atoms with van der Waals surface area (Å²) in [6.45, 7) is 6.13. The number of hydrogen-bond donors (Lipinski definition) is 1. The topological polar surface area (TPSA) is 90.5 Å². The number of carbonyl (C=O) groups excluding carboxylic acids is 1. The highest BCUT2D eigenvalue weighted by Crippen LogP contribution is 2.60. The van der Waals surface area contributed by atoms with Crippen LogP contribution in [0.4, 0.5) is 5.82 Å². The first-order valence-corrected chi connectivity index (χ1v) is 13.0. The average Bonchev–Trinajstić information content (AvgIpc) is 3.43. The SMILES string of the molecule is Cc1cc(NC(=O)C23CC4CC(CC(C4)C2)C3)n(-c2ncnc3c2cnn3-c2cccc(C)c2C)n1. The molecule has 0 radical (unpaired) electrons. The minimum absolute atomic E-state index is 0.152. The van der Waals surface area contributed by atoms with Gasteiger partial charge in [-0.05, 0) is 94.2 Å². The van der Waals surface area contributed by atoms with Crippen molar-refractivity contribution in [2.75, 3.05) is 5.32 Å². The molecule has 4 bridgehead atoms. The molecule has 1 N–H and O–H groups in total. The number of nitrogens with one attached hydrogen (secondary N) is 1. The molecule has 0 saturated heterocycles. The van der Waals surface area contributed by atoms with Gasteiger partial charge in [0.2, 0.25) is 5.91 Å². The van der Waals surface area contributed by atoms with Crippen LogP contribution in [-0.2, 0) is 4.79 Å². The first-order chi connectivity index (χ1) is 17.4. The van der Waals surface area contributed by atoms with Gasteiger partial charge in [0.25, 0.3) is 0 Å². The molecule has 8 heteroatoms. The summed E-state index contributed by atoms with van der Waals surface area (Å²) >= 11 is 0. The second kappa shape index (κ2) is 7.72. The summed E-state index contributed by atoms with van der Waals surface area (Å²) in [5.74, 6) is 3.57. The van der Waals surface area contributed by atoms with E-state index in [0.29, 0.717) is 35.0 Å². The van der Waals surface area contributed by atoms with E-state index in [1.165, 1.54) is 24.8 Å². The first kappa shape index (κ1) is 21.7. The molecule has 36 heavy (non-hydrogen) atoms. The van der Waals surface area contributed by atoms with E-state index in [0.717, 1.165) is 41.6 Å². The lowest BCUT2D eigenvalue weighted by atomic mass is 9.49. The smallest absolute Gasteiger partial charge is 0.231 e. The molecule has 1 amide bonds. The Labute approximate surface area is 210 Å². The van der Waals surface area contributed by atoms with Gasteiger partial charge in [0, 0.05) is 6.07 Å². The number of nitrogens with zero attached hydrogens (tertiary/aromatic N) is 6. The minimum Gasteiger partial charge on any atom is -0.310 e. The van der Waals surface area contributed by atoms with Gasteiger partial charge in [-0.25, -0.2) is 14.6 Å². The molecule has 184 valence electrons. The summed E-state index contributed by atoms with van der Waals surface area (Å²) in [4.78, 5) is 22.9. The normalized spacial score (nSPS) is 26.6. The predicted octanol–water partition coefficient (Wildman–Crippen LogP) is 5.08. The van der Waals surface area contributed by atoms with E-state index in [1.54, 1.807) is 17.2 Å². The molecular formula is C28H31N7O. The van der Waals surface area contributed by atoms with Crippen LogP contribution in [0.2, 0.25) is 0 Å². The van der Waals surface area contributed by atoms with Gasteiger partial charge in [0.05, 0.1) is 28.4 Å². The van der Waals surface area contributed by atoms with Crippen LogP contribution >= 0.6 is 0 Å². The third kappa shape index (κ3) is 3.23. The van der Waals surface area contributed by atoms with E-state index in [-0.39, 0.29) is 11.3 Å². The first-order valence-electron chi connectivity index (χ1n) is 13.0. The van der Waals surface area contributed by atoms with Gasteiger partial charge in [0.15, 0.2) is 11.5 Å². The monoisotopic (exact) mass is 481 g/mol. The van der Waals surface area contributed by atoms with Crippen molar-refractivity contribution in [2.45, 2.75) is 59.3 Å². The average molecular weight is 482 g/mol. The lowest BCUT2D eigenvalue weighted by Gasteiger charge is -2.55. The second-order valence-corrected chi connectivity index (χ2v) is 11.4. The number of benzene rings is 1. The fourth-order valence-corrected chi connectivity index (χ4v) is 7.53. The van der Waals surface area contributed by atoms with Crippen molar-refractivity contribution in [1.29, 1.82) is 0 Å². The molecule has 0 aliphatic heterocycles. The van der Waals surface area contributed by atoms with Crippen LogP contribution in [0.3, 0.4) is 0 Å². The largest absolute Gasteiger partial charge is 0.310 e. The minimum atomic E-state index is -0.230. The summed E-state index contributed by atoms with van der Waals surface area (Å²) in [6, 6.07) is 8.10. The number of hydrogen-bond acceptors (Lipinski definition) is 5. The molecule has 3 aromatic heterocycles. The Balaban J connectivity index is 1.27. The zero-order valence-electron chi connectivity index (χ0n) is 21.0. The van der Waals surface area contributed by atoms with Crippen LogP contribution in [0, 0.1) is 43.9 Å². The predicted molar refractivity (Wildman–Crippen MR) is 137 cm³/mol. The number of anilines is 1. The van der Waals surface area contributed by atoms with Crippen LogP contribution in [0.5, 0.6) is 0 Å². The Morgan fingerprint density at radius 2 is 1.72 bits per heavy atom. The van der Waals surface area contributed by atoms with Crippen molar-refractivity contribution in [3.05, 3.63) is 53.6 Å². The Morgan fingerprint density at radius 3 is 2.44 bits per heavy atom. The molecule has 4 aliphatic rings. The maximum Gasteiger partial charge on any atom is 0.231 e. The van der Waals surface area contributed by atoms with E-state index in [4.69, 9.17) is 5.10 Å². The summed E-state index contributed by atoms with van der Waals surface area (Å²) in [7, 11) is 0. The zero-order valence-corrected chi connectivity index (χ0v) is 21.0. The molecule has 4 fully saturated rings. The fourth-order valence-electron chi connectivity index (χ4n) is 7.53. The summed E-state index contributed by atoms with van der Waals surface area (Å²) in [5.41, 5.74) is 4.64. The standard InChI is InChI=1S/C28H31N7O/c1-16-5-4-6-23(18(16)3)34-25-22(14-31-34)26(30-15-29-25)35-24(7-17(2)33-35)32-27(36)28-11-19-8-20(12-28)10-21(9-19)13-28/h4-7,14-15,19-21H,8-13H2,1-3H3,(H,32,36). The molecular weight excluding hydrogens is 450 g/mol. The Bertz CT molecular complexity index is 1480. The molecule has 4 aliphatic carbocycles. The van der Waals surface area contributed by atoms with E-state index >= 15 is 0 Å². The van der Waals surface area contributed by atoms with Gasteiger partial charge < -0.3 is 5.32 Å². The van der Waals surface area contributed by atoms with Crippen LogP contribution in [0.15, 0.2) is 36.8 Å². The van der Waals surface area contributed by atoms with Gasteiger partial charge >= 0.3 is 0 Å². The summed E-state index contributed by atoms with van der Waals surface area (Å²) < 4.78 is 3.60.